The lowest BCUT2D eigenvalue weighted by Gasteiger charge is -2.26. The lowest BCUT2D eigenvalue weighted by Crippen LogP contribution is -2.26. The third-order valence-electron chi connectivity index (χ3n) is 4.05. The number of nitro groups is 1. The van der Waals surface area contributed by atoms with Crippen LogP contribution >= 0.6 is 15.9 Å². The average molecular weight is 341 g/mol. The molecule has 0 amide bonds. The molecule has 5 heteroatoms. The molecule has 2 atom stereocenters. The first-order valence-electron chi connectivity index (χ1n) is 7.20. The minimum Gasteiger partial charge on any atom is -0.312 e. The molecule has 2 rings (SSSR count). The van der Waals surface area contributed by atoms with Crippen molar-refractivity contribution in [2.45, 2.75) is 39.2 Å². The van der Waals surface area contributed by atoms with E-state index in [1.54, 1.807) is 6.07 Å². The first-order chi connectivity index (χ1) is 9.58. The highest BCUT2D eigenvalue weighted by molar-refractivity contribution is 9.10. The van der Waals surface area contributed by atoms with Crippen molar-refractivity contribution in [1.82, 2.24) is 5.32 Å². The normalized spacial score (nSPS) is 22.7. The van der Waals surface area contributed by atoms with E-state index in [2.05, 4.69) is 28.2 Å². The van der Waals surface area contributed by atoms with Crippen molar-refractivity contribution in [1.29, 1.82) is 0 Å². The Kier molecular flexibility index (Phi) is 5.54. The SMILES string of the molecule is CC1CCCC(CNCc2cccc([N+](=O)[O-])c2Br)C1. The van der Waals surface area contributed by atoms with Gasteiger partial charge in [0, 0.05) is 12.6 Å². The second-order valence-electron chi connectivity index (χ2n) is 5.78. The predicted molar refractivity (Wildman–Crippen MR) is 83.6 cm³/mol. The van der Waals surface area contributed by atoms with Crippen molar-refractivity contribution in [3.8, 4) is 0 Å². The summed E-state index contributed by atoms with van der Waals surface area (Å²) in [5.41, 5.74) is 1.08. The zero-order valence-electron chi connectivity index (χ0n) is 11.8. The van der Waals surface area contributed by atoms with Crippen LogP contribution in [0.5, 0.6) is 0 Å². The van der Waals surface area contributed by atoms with E-state index in [1.165, 1.54) is 31.7 Å². The van der Waals surface area contributed by atoms with Gasteiger partial charge in [-0.1, -0.05) is 31.9 Å². The zero-order valence-corrected chi connectivity index (χ0v) is 13.4. The van der Waals surface area contributed by atoms with Gasteiger partial charge in [-0.05, 0) is 52.7 Å². The number of rotatable bonds is 5. The van der Waals surface area contributed by atoms with Gasteiger partial charge in [-0.25, -0.2) is 0 Å². The minimum absolute atomic E-state index is 0.135. The van der Waals surface area contributed by atoms with E-state index in [0.29, 0.717) is 11.0 Å². The van der Waals surface area contributed by atoms with Crippen LogP contribution in [0.15, 0.2) is 22.7 Å². The zero-order chi connectivity index (χ0) is 14.5. The van der Waals surface area contributed by atoms with Crippen LogP contribution in [0.2, 0.25) is 0 Å². The van der Waals surface area contributed by atoms with Crippen molar-refractivity contribution in [2.24, 2.45) is 11.8 Å². The van der Waals surface area contributed by atoms with E-state index in [0.717, 1.165) is 23.9 Å². The molecule has 0 bridgehead atoms. The number of benzene rings is 1. The maximum absolute atomic E-state index is 10.9. The maximum atomic E-state index is 10.9. The largest absolute Gasteiger partial charge is 0.312 e. The molecule has 1 aromatic rings. The first-order valence-corrected chi connectivity index (χ1v) is 7.99. The maximum Gasteiger partial charge on any atom is 0.283 e. The Labute approximate surface area is 128 Å². The van der Waals surface area contributed by atoms with Gasteiger partial charge in [-0.2, -0.15) is 0 Å². The van der Waals surface area contributed by atoms with Gasteiger partial charge in [0.2, 0.25) is 0 Å². The van der Waals surface area contributed by atoms with Crippen LogP contribution in [0.25, 0.3) is 0 Å². The van der Waals surface area contributed by atoms with Gasteiger partial charge >= 0.3 is 0 Å². The number of nitrogens with one attached hydrogen (secondary N) is 1. The molecule has 0 saturated heterocycles. The van der Waals surface area contributed by atoms with Gasteiger partial charge in [-0.15, -0.1) is 0 Å². The summed E-state index contributed by atoms with van der Waals surface area (Å²) < 4.78 is 0.592. The Bertz CT molecular complexity index is 479. The van der Waals surface area contributed by atoms with Crippen LogP contribution in [0.4, 0.5) is 5.69 Å². The minimum atomic E-state index is -0.351. The van der Waals surface area contributed by atoms with Crippen LogP contribution in [-0.4, -0.2) is 11.5 Å². The van der Waals surface area contributed by atoms with Gasteiger partial charge < -0.3 is 5.32 Å². The molecule has 1 aliphatic carbocycles. The monoisotopic (exact) mass is 340 g/mol. The summed E-state index contributed by atoms with van der Waals surface area (Å²) in [4.78, 5) is 10.5. The summed E-state index contributed by atoms with van der Waals surface area (Å²) in [6.45, 7) is 4.00. The second-order valence-corrected chi connectivity index (χ2v) is 6.57. The Morgan fingerprint density at radius 2 is 2.25 bits per heavy atom. The van der Waals surface area contributed by atoms with Crippen LogP contribution in [-0.2, 0) is 6.54 Å². The third kappa shape index (κ3) is 4.03. The molecule has 1 N–H and O–H groups in total. The molecule has 0 radical (unpaired) electrons. The molecule has 2 unspecified atom stereocenters. The number of hydrogen-bond donors (Lipinski definition) is 1. The number of nitrogens with zero attached hydrogens (tertiary/aromatic N) is 1. The topological polar surface area (TPSA) is 55.2 Å². The fourth-order valence-electron chi connectivity index (χ4n) is 3.00. The van der Waals surface area contributed by atoms with Crippen molar-refractivity contribution in [3.05, 3.63) is 38.3 Å². The lowest BCUT2D eigenvalue weighted by molar-refractivity contribution is -0.385. The molecule has 1 aromatic carbocycles. The third-order valence-corrected chi connectivity index (χ3v) is 4.96. The second kappa shape index (κ2) is 7.18. The number of halogens is 1. The quantitative estimate of drug-likeness (QED) is 0.643. The van der Waals surface area contributed by atoms with E-state index in [9.17, 15) is 10.1 Å². The molecule has 0 aliphatic heterocycles. The Hall–Kier alpha value is -0.940. The number of hydrogen-bond acceptors (Lipinski definition) is 3. The Morgan fingerprint density at radius 1 is 1.45 bits per heavy atom. The molecule has 1 saturated carbocycles. The van der Waals surface area contributed by atoms with Gasteiger partial charge in [0.05, 0.1) is 9.40 Å². The van der Waals surface area contributed by atoms with Crippen LogP contribution in [0, 0.1) is 22.0 Å². The van der Waals surface area contributed by atoms with Crippen molar-refractivity contribution in [3.63, 3.8) is 0 Å². The first kappa shape index (κ1) is 15.4. The van der Waals surface area contributed by atoms with Crippen LogP contribution in [0.1, 0.15) is 38.2 Å². The average Bonchev–Trinajstić information content (AvgIpc) is 2.40. The van der Waals surface area contributed by atoms with Crippen LogP contribution < -0.4 is 5.32 Å². The molecule has 1 aliphatic rings. The molecule has 0 aromatic heterocycles. The standard InChI is InChI=1S/C15H21BrN2O2/c1-11-4-2-5-12(8-11)9-17-10-13-6-3-7-14(15(13)16)18(19)20/h3,6-7,11-12,17H,2,4-5,8-10H2,1H3. The van der Waals surface area contributed by atoms with Crippen molar-refractivity contribution >= 4 is 21.6 Å². The fourth-order valence-corrected chi connectivity index (χ4v) is 3.55. The predicted octanol–water partition coefficient (Wildman–Crippen LogP) is 4.27. The van der Waals surface area contributed by atoms with E-state index < -0.39 is 0 Å². The van der Waals surface area contributed by atoms with Crippen LogP contribution in [0.3, 0.4) is 0 Å². The van der Waals surface area contributed by atoms with E-state index in [-0.39, 0.29) is 10.6 Å². The van der Waals surface area contributed by atoms with Gasteiger partial charge in [0.15, 0.2) is 0 Å². The molecular weight excluding hydrogens is 320 g/mol. The van der Waals surface area contributed by atoms with Crippen molar-refractivity contribution < 1.29 is 4.92 Å². The number of nitro benzene ring substituents is 1. The summed E-state index contributed by atoms with van der Waals surface area (Å²) >= 11 is 3.34. The highest BCUT2D eigenvalue weighted by Crippen LogP contribution is 2.29. The van der Waals surface area contributed by atoms with E-state index >= 15 is 0 Å². The molecule has 1 fully saturated rings. The summed E-state index contributed by atoms with van der Waals surface area (Å²) in [6, 6.07) is 5.19. The van der Waals surface area contributed by atoms with E-state index in [1.807, 2.05) is 6.07 Å². The molecule has 20 heavy (non-hydrogen) atoms. The lowest BCUT2D eigenvalue weighted by atomic mass is 9.82. The van der Waals surface area contributed by atoms with Gasteiger partial charge in [0.25, 0.3) is 5.69 Å². The van der Waals surface area contributed by atoms with Crippen molar-refractivity contribution in [2.75, 3.05) is 6.54 Å². The molecule has 0 heterocycles. The highest BCUT2D eigenvalue weighted by Gasteiger charge is 2.19. The Morgan fingerprint density at radius 3 is 2.95 bits per heavy atom. The Balaban J connectivity index is 1.88. The smallest absolute Gasteiger partial charge is 0.283 e. The molecule has 110 valence electrons. The van der Waals surface area contributed by atoms with Gasteiger partial charge in [-0.3, -0.25) is 10.1 Å². The summed E-state index contributed by atoms with van der Waals surface area (Å²) in [7, 11) is 0. The molecule has 0 spiro atoms. The van der Waals surface area contributed by atoms with Gasteiger partial charge in [0.1, 0.15) is 0 Å². The van der Waals surface area contributed by atoms with E-state index in [4.69, 9.17) is 0 Å². The fraction of sp³-hybridized carbons (Fsp3) is 0.600. The summed E-state index contributed by atoms with van der Waals surface area (Å²) in [5, 5.41) is 14.3. The molecular formula is C15H21BrN2O2. The molecule has 4 nitrogen and oxygen atoms in total. The highest BCUT2D eigenvalue weighted by atomic mass is 79.9. The summed E-state index contributed by atoms with van der Waals surface area (Å²) in [5.74, 6) is 1.58. The summed E-state index contributed by atoms with van der Waals surface area (Å²) in [6.07, 6.45) is 5.28.